The topological polar surface area (TPSA) is 67.6 Å². The first-order valence-electron chi connectivity index (χ1n) is 7.24. The van der Waals surface area contributed by atoms with Crippen molar-refractivity contribution in [2.24, 2.45) is 11.8 Å². The van der Waals surface area contributed by atoms with Crippen molar-refractivity contribution in [2.75, 3.05) is 19.7 Å². The molecule has 5 heteroatoms. The Balaban J connectivity index is 1.55. The SMILES string of the molecule is NNC(=O)c1ccccc1OCCN1CC2CCC1C2. The van der Waals surface area contributed by atoms with Crippen molar-refractivity contribution in [3.05, 3.63) is 29.8 Å². The molecule has 2 fully saturated rings. The number of likely N-dealkylation sites (tertiary alicyclic amines) is 1. The molecule has 1 aliphatic heterocycles. The van der Waals surface area contributed by atoms with Crippen molar-refractivity contribution in [1.82, 2.24) is 10.3 Å². The molecule has 2 unspecified atom stereocenters. The second-order valence-electron chi connectivity index (χ2n) is 5.65. The molecule has 0 spiro atoms. The fourth-order valence-corrected chi connectivity index (χ4v) is 3.43. The van der Waals surface area contributed by atoms with Crippen LogP contribution in [0, 0.1) is 5.92 Å². The smallest absolute Gasteiger partial charge is 0.268 e. The van der Waals surface area contributed by atoms with Crippen LogP contribution in [0.2, 0.25) is 0 Å². The molecular weight excluding hydrogens is 254 g/mol. The molecule has 1 aromatic rings. The Bertz CT molecular complexity index is 492. The highest BCUT2D eigenvalue weighted by Gasteiger charge is 2.37. The van der Waals surface area contributed by atoms with Crippen molar-refractivity contribution in [3.8, 4) is 5.75 Å². The molecule has 1 amide bonds. The van der Waals surface area contributed by atoms with E-state index in [1.54, 1.807) is 18.2 Å². The zero-order valence-electron chi connectivity index (χ0n) is 11.5. The van der Waals surface area contributed by atoms with E-state index < -0.39 is 0 Å². The number of carbonyl (C=O) groups is 1. The highest BCUT2D eigenvalue weighted by Crippen LogP contribution is 2.36. The van der Waals surface area contributed by atoms with E-state index >= 15 is 0 Å². The number of fused-ring (bicyclic) bond motifs is 2. The maximum Gasteiger partial charge on any atom is 0.268 e. The first-order valence-corrected chi connectivity index (χ1v) is 7.24. The summed E-state index contributed by atoms with van der Waals surface area (Å²) in [6.45, 7) is 2.75. The average molecular weight is 275 g/mol. The maximum atomic E-state index is 11.6. The second kappa shape index (κ2) is 5.81. The summed E-state index contributed by atoms with van der Waals surface area (Å²) < 4.78 is 5.77. The minimum absolute atomic E-state index is 0.319. The van der Waals surface area contributed by atoms with E-state index in [4.69, 9.17) is 10.6 Å². The Hall–Kier alpha value is -1.59. The van der Waals surface area contributed by atoms with Crippen molar-refractivity contribution in [1.29, 1.82) is 0 Å². The van der Waals surface area contributed by atoms with Crippen LogP contribution in [0.3, 0.4) is 0 Å². The number of rotatable bonds is 5. The van der Waals surface area contributed by atoms with Gasteiger partial charge in [0.25, 0.3) is 5.91 Å². The fraction of sp³-hybridized carbons (Fsp3) is 0.533. The van der Waals surface area contributed by atoms with Gasteiger partial charge in [-0.2, -0.15) is 0 Å². The number of hydrogen-bond acceptors (Lipinski definition) is 4. The second-order valence-corrected chi connectivity index (χ2v) is 5.65. The normalized spacial score (nSPS) is 24.9. The molecule has 1 heterocycles. The third-order valence-corrected chi connectivity index (χ3v) is 4.42. The molecule has 2 atom stereocenters. The van der Waals surface area contributed by atoms with Crippen LogP contribution in [0.4, 0.5) is 0 Å². The lowest BCUT2D eigenvalue weighted by molar-refractivity contribution is 0.0948. The third-order valence-electron chi connectivity index (χ3n) is 4.42. The lowest BCUT2D eigenvalue weighted by atomic mass is 10.1. The van der Waals surface area contributed by atoms with E-state index in [0.29, 0.717) is 17.9 Å². The number of piperidine rings is 1. The lowest BCUT2D eigenvalue weighted by Crippen LogP contribution is -2.35. The number of nitrogens with one attached hydrogen (secondary N) is 1. The number of nitrogens with zero attached hydrogens (tertiary/aromatic N) is 1. The van der Waals surface area contributed by atoms with Crippen LogP contribution in [0.1, 0.15) is 29.6 Å². The number of nitrogens with two attached hydrogens (primary N) is 1. The largest absolute Gasteiger partial charge is 0.491 e. The van der Waals surface area contributed by atoms with Gasteiger partial charge in [-0.25, -0.2) is 5.84 Å². The Morgan fingerprint density at radius 3 is 2.95 bits per heavy atom. The van der Waals surface area contributed by atoms with Crippen LogP contribution in [0.25, 0.3) is 0 Å². The predicted molar refractivity (Wildman–Crippen MR) is 76.3 cm³/mol. The average Bonchev–Trinajstić information content (AvgIpc) is 3.09. The number of para-hydroxylation sites is 1. The van der Waals surface area contributed by atoms with E-state index in [2.05, 4.69) is 10.3 Å². The number of amides is 1. The molecule has 1 aliphatic carbocycles. The minimum Gasteiger partial charge on any atom is -0.491 e. The van der Waals surface area contributed by atoms with Gasteiger partial charge in [0.15, 0.2) is 0 Å². The van der Waals surface area contributed by atoms with Gasteiger partial charge < -0.3 is 4.74 Å². The highest BCUT2D eigenvalue weighted by atomic mass is 16.5. The van der Waals surface area contributed by atoms with Crippen LogP contribution in [-0.2, 0) is 0 Å². The van der Waals surface area contributed by atoms with Crippen LogP contribution in [0.15, 0.2) is 24.3 Å². The van der Waals surface area contributed by atoms with Crippen molar-refractivity contribution in [2.45, 2.75) is 25.3 Å². The molecule has 0 aromatic heterocycles. The van der Waals surface area contributed by atoms with Gasteiger partial charge in [0, 0.05) is 19.1 Å². The fourth-order valence-electron chi connectivity index (χ4n) is 3.43. The Morgan fingerprint density at radius 1 is 1.40 bits per heavy atom. The standard InChI is InChI=1S/C15H21N3O2/c16-17-15(19)13-3-1-2-4-14(13)20-8-7-18-10-11-5-6-12(18)9-11/h1-4,11-12H,5-10,16H2,(H,17,19). The summed E-state index contributed by atoms with van der Waals surface area (Å²) in [4.78, 5) is 14.1. The molecule has 3 N–H and O–H groups in total. The quantitative estimate of drug-likeness (QED) is 0.480. The molecular formula is C15H21N3O2. The molecule has 5 nitrogen and oxygen atoms in total. The minimum atomic E-state index is -0.319. The molecule has 2 bridgehead atoms. The zero-order valence-corrected chi connectivity index (χ0v) is 11.5. The van der Waals surface area contributed by atoms with Crippen LogP contribution in [-0.4, -0.2) is 36.5 Å². The number of carbonyl (C=O) groups excluding carboxylic acids is 1. The molecule has 2 aliphatic rings. The summed E-state index contributed by atoms with van der Waals surface area (Å²) in [5.74, 6) is 6.36. The first-order chi connectivity index (χ1) is 9.78. The molecule has 3 rings (SSSR count). The van der Waals surface area contributed by atoms with Gasteiger partial charge >= 0.3 is 0 Å². The first kappa shape index (κ1) is 13.4. The van der Waals surface area contributed by atoms with Crippen molar-refractivity contribution in [3.63, 3.8) is 0 Å². The summed E-state index contributed by atoms with van der Waals surface area (Å²) in [7, 11) is 0. The van der Waals surface area contributed by atoms with Crippen LogP contribution >= 0.6 is 0 Å². The van der Waals surface area contributed by atoms with Crippen molar-refractivity contribution < 1.29 is 9.53 Å². The van der Waals surface area contributed by atoms with Gasteiger partial charge in [0.05, 0.1) is 5.56 Å². The molecule has 1 saturated carbocycles. The summed E-state index contributed by atoms with van der Waals surface area (Å²) in [5.41, 5.74) is 2.63. The number of benzene rings is 1. The number of hydrazine groups is 1. The summed E-state index contributed by atoms with van der Waals surface area (Å²) in [6, 6.07) is 7.94. The summed E-state index contributed by atoms with van der Waals surface area (Å²) >= 11 is 0. The van der Waals surface area contributed by atoms with Gasteiger partial charge in [0.1, 0.15) is 12.4 Å². The summed E-state index contributed by atoms with van der Waals surface area (Å²) in [6.07, 6.45) is 4.07. The monoisotopic (exact) mass is 275 g/mol. The molecule has 0 radical (unpaired) electrons. The van der Waals surface area contributed by atoms with Gasteiger partial charge in [-0.15, -0.1) is 0 Å². The molecule has 1 aromatic carbocycles. The Morgan fingerprint density at radius 2 is 2.25 bits per heavy atom. The lowest BCUT2D eigenvalue weighted by Gasteiger charge is -2.26. The number of hydrogen-bond donors (Lipinski definition) is 2. The summed E-state index contributed by atoms with van der Waals surface area (Å²) in [5, 5.41) is 0. The van der Waals surface area contributed by atoms with E-state index in [9.17, 15) is 4.79 Å². The maximum absolute atomic E-state index is 11.6. The van der Waals surface area contributed by atoms with E-state index in [0.717, 1.165) is 18.5 Å². The van der Waals surface area contributed by atoms with Gasteiger partial charge in [-0.05, 0) is 37.3 Å². The van der Waals surface area contributed by atoms with Gasteiger partial charge in [0.2, 0.25) is 0 Å². The Kier molecular flexibility index (Phi) is 3.89. The van der Waals surface area contributed by atoms with E-state index in [1.165, 1.54) is 25.8 Å². The predicted octanol–water partition coefficient (Wildman–Crippen LogP) is 1.15. The van der Waals surface area contributed by atoms with Crippen LogP contribution < -0.4 is 16.0 Å². The molecule has 20 heavy (non-hydrogen) atoms. The van der Waals surface area contributed by atoms with E-state index in [-0.39, 0.29) is 5.91 Å². The third kappa shape index (κ3) is 2.64. The number of nitrogen functional groups attached to an aromatic ring is 1. The Labute approximate surface area is 119 Å². The highest BCUT2D eigenvalue weighted by molar-refractivity contribution is 5.96. The molecule has 1 saturated heterocycles. The van der Waals surface area contributed by atoms with Crippen LogP contribution in [0.5, 0.6) is 5.75 Å². The van der Waals surface area contributed by atoms with E-state index in [1.807, 2.05) is 6.07 Å². The molecule has 108 valence electrons. The number of ether oxygens (including phenoxy) is 1. The zero-order chi connectivity index (χ0) is 13.9. The van der Waals surface area contributed by atoms with Gasteiger partial charge in [-0.3, -0.25) is 15.1 Å². The van der Waals surface area contributed by atoms with Crippen molar-refractivity contribution >= 4 is 5.91 Å². The van der Waals surface area contributed by atoms with Gasteiger partial charge in [-0.1, -0.05) is 12.1 Å².